The molecule has 0 saturated heterocycles. The van der Waals surface area contributed by atoms with Gasteiger partial charge in [0.1, 0.15) is 0 Å². The molecule has 1 aliphatic carbocycles. The zero-order chi connectivity index (χ0) is 14.3. The smallest absolute Gasteiger partial charge is 0.304 e. The van der Waals surface area contributed by atoms with E-state index >= 15 is 0 Å². The fourth-order valence-corrected chi connectivity index (χ4v) is 3.48. The van der Waals surface area contributed by atoms with E-state index in [9.17, 15) is 4.79 Å². The molecule has 1 saturated carbocycles. The molecule has 0 atom stereocenters. The molecule has 0 bridgehead atoms. The van der Waals surface area contributed by atoms with Crippen LogP contribution in [0.3, 0.4) is 0 Å². The first-order chi connectivity index (χ1) is 9.53. The molecule has 1 aliphatic heterocycles. The van der Waals surface area contributed by atoms with Crippen molar-refractivity contribution in [1.82, 2.24) is 0 Å². The minimum absolute atomic E-state index is 0.118. The maximum Gasteiger partial charge on any atom is 0.304 e. The molecule has 1 aromatic carbocycles. The molecule has 0 aromatic heterocycles. The predicted octanol–water partition coefficient (Wildman–Crippen LogP) is 3.32. The highest BCUT2D eigenvalue weighted by Gasteiger charge is 2.49. The highest BCUT2D eigenvalue weighted by Crippen LogP contribution is 2.56. The zero-order valence-electron chi connectivity index (χ0n) is 11.4. The molecule has 3 rings (SSSR count). The van der Waals surface area contributed by atoms with E-state index in [2.05, 4.69) is 0 Å². The lowest BCUT2D eigenvalue weighted by Gasteiger charge is -2.21. The van der Waals surface area contributed by atoms with Crippen molar-refractivity contribution in [3.8, 4) is 11.5 Å². The van der Waals surface area contributed by atoms with Crippen molar-refractivity contribution in [2.45, 2.75) is 38.0 Å². The van der Waals surface area contributed by atoms with Crippen molar-refractivity contribution in [3.63, 3.8) is 0 Å². The molecule has 108 valence electrons. The molecule has 1 N–H and O–H groups in total. The maximum atomic E-state index is 11.1. The number of carboxylic acid groups (broad SMARTS) is 1. The lowest BCUT2D eigenvalue weighted by atomic mass is 9.88. The van der Waals surface area contributed by atoms with Gasteiger partial charge in [-0.3, -0.25) is 4.79 Å². The van der Waals surface area contributed by atoms with Crippen molar-refractivity contribution >= 4 is 17.6 Å². The Morgan fingerprint density at radius 1 is 1.40 bits per heavy atom. The molecule has 2 aliphatic rings. The molecule has 0 unspecified atom stereocenters. The minimum Gasteiger partial charge on any atom is -0.489 e. The number of hydrogen-bond donors (Lipinski definition) is 1. The average Bonchev–Trinajstić information content (AvgIpc) is 3.13. The van der Waals surface area contributed by atoms with Crippen LogP contribution in [-0.4, -0.2) is 24.3 Å². The number of benzene rings is 1. The van der Waals surface area contributed by atoms with E-state index in [1.165, 1.54) is 0 Å². The first-order valence-corrected chi connectivity index (χ1v) is 7.22. The Hall–Kier alpha value is -1.42. The number of aliphatic carboxylic acids is 1. The summed E-state index contributed by atoms with van der Waals surface area (Å²) in [5.41, 5.74) is 1.52. The molecule has 1 fully saturated rings. The Bertz CT molecular complexity index is 563. The van der Waals surface area contributed by atoms with Gasteiger partial charge in [-0.2, -0.15) is 0 Å². The molecule has 4 nitrogen and oxygen atoms in total. The maximum absolute atomic E-state index is 11.1. The molecule has 0 spiro atoms. The van der Waals surface area contributed by atoms with Crippen LogP contribution in [0.4, 0.5) is 0 Å². The summed E-state index contributed by atoms with van der Waals surface area (Å²) in [5, 5.41) is 9.71. The van der Waals surface area contributed by atoms with Crippen molar-refractivity contribution in [1.29, 1.82) is 0 Å². The van der Waals surface area contributed by atoms with Gasteiger partial charge < -0.3 is 14.6 Å². The second-order valence-corrected chi connectivity index (χ2v) is 5.99. The number of halogens is 1. The van der Waals surface area contributed by atoms with Crippen molar-refractivity contribution < 1.29 is 19.4 Å². The Kier molecular flexibility index (Phi) is 3.28. The Balaban J connectivity index is 2.08. The van der Waals surface area contributed by atoms with E-state index < -0.39 is 5.97 Å². The van der Waals surface area contributed by atoms with Gasteiger partial charge in [0.2, 0.25) is 0 Å². The van der Waals surface area contributed by atoms with Gasteiger partial charge in [0.25, 0.3) is 0 Å². The van der Waals surface area contributed by atoms with Crippen LogP contribution < -0.4 is 9.47 Å². The molecule has 1 heterocycles. The normalized spacial score (nSPS) is 19.3. The van der Waals surface area contributed by atoms with Crippen LogP contribution in [0, 0.1) is 6.92 Å². The average molecular weight is 297 g/mol. The molecular formula is C15H17ClO4. The van der Waals surface area contributed by atoms with Gasteiger partial charge >= 0.3 is 5.97 Å². The summed E-state index contributed by atoms with van der Waals surface area (Å²) >= 11 is 6.40. The predicted molar refractivity (Wildman–Crippen MR) is 75.0 cm³/mol. The summed E-state index contributed by atoms with van der Waals surface area (Å²) in [6.45, 7) is 3.17. The van der Waals surface area contributed by atoms with Gasteiger partial charge in [0.15, 0.2) is 11.5 Å². The van der Waals surface area contributed by atoms with Crippen molar-refractivity contribution in [3.05, 3.63) is 22.2 Å². The second kappa shape index (κ2) is 4.85. The van der Waals surface area contributed by atoms with E-state index in [0.717, 1.165) is 36.1 Å². The number of hydrogen-bond acceptors (Lipinski definition) is 3. The zero-order valence-corrected chi connectivity index (χ0v) is 12.1. The van der Waals surface area contributed by atoms with Crippen LogP contribution in [0.15, 0.2) is 6.07 Å². The monoisotopic (exact) mass is 296 g/mol. The molecular weight excluding hydrogens is 280 g/mol. The van der Waals surface area contributed by atoms with Gasteiger partial charge in [-0.05, 0) is 25.3 Å². The van der Waals surface area contributed by atoms with Gasteiger partial charge in [0, 0.05) is 28.5 Å². The van der Waals surface area contributed by atoms with Crippen LogP contribution >= 0.6 is 11.6 Å². The standard InChI is InChI=1S/C15H17ClO4/c1-9-13(15(3-4-15)8-12(17)18)10(16)7-11-14(9)20-6-2-5-19-11/h7H,2-6,8H2,1H3,(H,17,18). The summed E-state index contributed by atoms with van der Waals surface area (Å²) in [5.74, 6) is 0.600. The molecule has 1 aromatic rings. The van der Waals surface area contributed by atoms with Crippen LogP contribution in [0.25, 0.3) is 0 Å². The van der Waals surface area contributed by atoms with Gasteiger partial charge in [0.05, 0.1) is 19.6 Å². The topological polar surface area (TPSA) is 55.8 Å². The summed E-state index contributed by atoms with van der Waals surface area (Å²) in [6, 6.07) is 1.77. The quantitative estimate of drug-likeness (QED) is 0.929. The van der Waals surface area contributed by atoms with Gasteiger partial charge in [-0.25, -0.2) is 0 Å². The van der Waals surface area contributed by atoms with E-state index in [4.69, 9.17) is 26.2 Å². The Labute approximate surface area is 122 Å². The lowest BCUT2D eigenvalue weighted by Crippen LogP contribution is -2.15. The highest BCUT2D eigenvalue weighted by atomic mass is 35.5. The molecule has 0 radical (unpaired) electrons. The summed E-state index contributed by atoms with van der Waals surface area (Å²) < 4.78 is 11.4. The third-order valence-electron chi connectivity index (χ3n) is 4.10. The van der Waals surface area contributed by atoms with Gasteiger partial charge in [-0.1, -0.05) is 11.6 Å². The molecule has 5 heteroatoms. The summed E-state index contributed by atoms with van der Waals surface area (Å²) in [4.78, 5) is 11.1. The van der Waals surface area contributed by atoms with E-state index in [1.807, 2.05) is 6.92 Å². The van der Waals surface area contributed by atoms with E-state index in [-0.39, 0.29) is 11.8 Å². The minimum atomic E-state index is -0.787. The third kappa shape index (κ3) is 2.22. The lowest BCUT2D eigenvalue weighted by molar-refractivity contribution is -0.137. The Morgan fingerprint density at radius 2 is 2.10 bits per heavy atom. The molecule has 0 amide bonds. The summed E-state index contributed by atoms with van der Waals surface area (Å²) in [6.07, 6.45) is 2.67. The fraction of sp³-hybridized carbons (Fsp3) is 0.533. The Morgan fingerprint density at radius 3 is 2.75 bits per heavy atom. The second-order valence-electron chi connectivity index (χ2n) is 5.59. The van der Waals surface area contributed by atoms with E-state index in [0.29, 0.717) is 24.0 Å². The van der Waals surface area contributed by atoms with Crippen LogP contribution in [0.1, 0.15) is 36.8 Å². The number of carboxylic acids is 1. The SMILES string of the molecule is Cc1c2c(cc(Cl)c1C1(CC(=O)O)CC1)OCCCO2. The molecule has 20 heavy (non-hydrogen) atoms. The van der Waals surface area contributed by atoms with Crippen molar-refractivity contribution in [2.75, 3.05) is 13.2 Å². The number of carbonyl (C=O) groups is 1. The number of fused-ring (bicyclic) bond motifs is 1. The number of rotatable bonds is 3. The highest BCUT2D eigenvalue weighted by molar-refractivity contribution is 6.32. The van der Waals surface area contributed by atoms with Crippen molar-refractivity contribution in [2.24, 2.45) is 0 Å². The third-order valence-corrected chi connectivity index (χ3v) is 4.40. The first kappa shape index (κ1) is 13.6. The van der Waals surface area contributed by atoms with Crippen LogP contribution in [-0.2, 0) is 10.2 Å². The van der Waals surface area contributed by atoms with Crippen LogP contribution in [0.5, 0.6) is 11.5 Å². The fourth-order valence-electron chi connectivity index (χ4n) is 3.04. The summed E-state index contributed by atoms with van der Waals surface area (Å²) in [7, 11) is 0. The first-order valence-electron chi connectivity index (χ1n) is 6.84. The van der Waals surface area contributed by atoms with Crippen LogP contribution in [0.2, 0.25) is 5.02 Å². The van der Waals surface area contributed by atoms with E-state index in [1.54, 1.807) is 6.07 Å². The number of ether oxygens (including phenoxy) is 2. The largest absolute Gasteiger partial charge is 0.489 e. The van der Waals surface area contributed by atoms with Gasteiger partial charge in [-0.15, -0.1) is 0 Å².